The van der Waals surface area contributed by atoms with E-state index in [0.717, 1.165) is 19.4 Å². The molecule has 0 aliphatic heterocycles. The zero-order valence-corrected chi connectivity index (χ0v) is 10.2. The van der Waals surface area contributed by atoms with Crippen LogP contribution < -0.4 is 5.32 Å². The lowest BCUT2D eigenvalue weighted by Crippen LogP contribution is -2.33. The molecular formula is C13H25N. The molecule has 0 aromatic heterocycles. The fourth-order valence-corrected chi connectivity index (χ4v) is 1.62. The number of hydrogen-bond acceptors (Lipinski definition) is 1. The molecule has 0 aromatic rings. The highest BCUT2D eigenvalue weighted by molar-refractivity contribution is 4.86. The Labute approximate surface area is 89.7 Å². The highest BCUT2D eigenvalue weighted by Gasteiger charge is 2.17. The van der Waals surface area contributed by atoms with Crippen molar-refractivity contribution in [3.63, 3.8) is 0 Å². The molecule has 1 atom stereocenters. The van der Waals surface area contributed by atoms with E-state index >= 15 is 0 Å². The highest BCUT2D eigenvalue weighted by atomic mass is 14.9. The van der Waals surface area contributed by atoms with E-state index in [4.69, 9.17) is 6.42 Å². The minimum Gasteiger partial charge on any atom is -0.314 e. The highest BCUT2D eigenvalue weighted by Crippen LogP contribution is 2.22. The second-order valence-corrected chi connectivity index (χ2v) is 5.16. The third kappa shape index (κ3) is 8.13. The summed E-state index contributed by atoms with van der Waals surface area (Å²) < 4.78 is 0. The molecule has 0 bridgehead atoms. The summed E-state index contributed by atoms with van der Waals surface area (Å²) in [5, 5.41) is 3.57. The van der Waals surface area contributed by atoms with Crippen LogP contribution in [-0.2, 0) is 0 Å². The Morgan fingerprint density at radius 1 is 1.36 bits per heavy atom. The number of hydrogen-bond donors (Lipinski definition) is 1. The molecule has 0 fully saturated rings. The molecule has 82 valence electrons. The first kappa shape index (κ1) is 13.5. The lowest BCUT2D eigenvalue weighted by Gasteiger charge is -2.26. The average Bonchev–Trinajstić information content (AvgIpc) is 2.07. The fourth-order valence-electron chi connectivity index (χ4n) is 1.62. The van der Waals surface area contributed by atoms with Crippen LogP contribution in [0.5, 0.6) is 0 Å². The van der Waals surface area contributed by atoms with Crippen LogP contribution in [0.1, 0.15) is 53.4 Å². The van der Waals surface area contributed by atoms with E-state index < -0.39 is 0 Å². The van der Waals surface area contributed by atoms with Gasteiger partial charge < -0.3 is 5.32 Å². The Balaban J connectivity index is 3.91. The van der Waals surface area contributed by atoms with Gasteiger partial charge in [0, 0.05) is 12.5 Å². The number of rotatable bonds is 6. The summed E-state index contributed by atoms with van der Waals surface area (Å²) in [5.41, 5.74) is 0.389. The molecule has 0 saturated carbocycles. The first-order chi connectivity index (χ1) is 6.49. The van der Waals surface area contributed by atoms with Gasteiger partial charge in [-0.05, 0) is 31.2 Å². The number of terminal acetylenes is 1. The minimum atomic E-state index is 0.389. The van der Waals surface area contributed by atoms with Crippen molar-refractivity contribution in [2.75, 3.05) is 6.54 Å². The second-order valence-electron chi connectivity index (χ2n) is 5.16. The lowest BCUT2D eigenvalue weighted by molar-refractivity contribution is 0.300. The molecule has 0 saturated heterocycles. The SMILES string of the molecule is C#CCCC(CC(C)(C)C)NCCC. The van der Waals surface area contributed by atoms with Crippen molar-refractivity contribution in [1.82, 2.24) is 5.32 Å². The summed E-state index contributed by atoms with van der Waals surface area (Å²) >= 11 is 0. The molecule has 14 heavy (non-hydrogen) atoms. The molecule has 0 radical (unpaired) electrons. The van der Waals surface area contributed by atoms with Crippen LogP contribution in [0.4, 0.5) is 0 Å². The van der Waals surface area contributed by atoms with Gasteiger partial charge in [-0.1, -0.05) is 27.7 Å². The van der Waals surface area contributed by atoms with Gasteiger partial charge in [0.1, 0.15) is 0 Å². The second kappa shape index (κ2) is 6.90. The van der Waals surface area contributed by atoms with E-state index in [2.05, 4.69) is 38.9 Å². The quantitative estimate of drug-likeness (QED) is 0.642. The predicted octanol–water partition coefficient (Wildman–Crippen LogP) is 3.20. The van der Waals surface area contributed by atoms with Crippen LogP contribution in [0.3, 0.4) is 0 Å². The van der Waals surface area contributed by atoms with E-state index in [-0.39, 0.29) is 0 Å². The predicted molar refractivity (Wildman–Crippen MR) is 64.2 cm³/mol. The summed E-state index contributed by atoms with van der Waals surface area (Å²) in [6, 6.07) is 0.589. The van der Waals surface area contributed by atoms with Gasteiger partial charge in [-0.3, -0.25) is 0 Å². The third-order valence-electron chi connectivity index (χ3n) is 2.18. The maximum atomic E-state index is 5.29. The molecule has 1 nitrogen and oxygen atoms in total. The molecule has 1 unspecified atom stereocenters. The van der Waals surface area contributed by atoms with Crippen LogP contribution in [0.15, 0.2) is 0 Å². The fraction of sp³-hybridized carbons (Fsp3) is 0.846. The van der Waals surface area contributed by atoms with Crippen molar-refractivity contribution in [3.05, 3.63) is 0 Å². The molecule has 0 spiro atoms. The van der Waals surface area contributed by atoms with Gasteiger partial charge in [-0.15, -0.1) is 12.3 Å². The standard InChI is InChI=1S/C13H25N/c1-6-8-9-12(14-10-7-2)11-13(3,4)5/h1,12,14H,7-11H2,2-5H3. The third-order valence-corrected chi connectivity index (χ3v) is 2.18. The first-order valence-electron chi connectivity index (χ1n) is 5.66. The monoisotopic (exact) mass is 195 g/mol. The van der Waals surface area contributed by atoms with Gasteiger partial charge in [-0.25, -0.2) is 0 Å². The maximum absolute atomic E-state index is 5.29. The van der Waals surface area contributed by atoms with E-state index in [1.165, 1.54) is 12.8 Å². The normalized spacial score (nSPS) is 13.6. The Hall–Kier alpha value is -0.480. The molecule has 0 aromatic carbocycles. The Morgan fingerprint density at radius 2 is 2.00 bits per heavy atom. The summed E-state index contributed by atoms with van der Waals surface area (Å²) in [5.74, 6) is 2.72. The van der Waals surface area contributed by atoms with E-state index in [1.54, 1.807) is 0 Å². The van der Waals surface area contributed by atoms with Crippen LogP contribution in [-0.4, -0.2) is 12.6 Å². The van der Waals surface area contributed by atoms with Crippen LogP contribution in [0, 0.1) is 17.8 Å². The zero-order chi connectivity index (χ0) is 11.0. The van der Waals surface area contributed by atoms with Crippen LogP contribution >= 0.6 is 0 Å². The largest absolute Gasteiger partial charge is 0.314 e. The van der Waals surface area contributed by atoms with Gasteiger partial charge in [0.2, 0.25) is 0 Å². The van der Waals surface area contributed by atoms with Gasteiger partial charge in [0.05, 0.1) is 0 Å². The zero-order valence-electron chi connectivity index (χ0n) is 10.2. The molecule has 0 heterocycles. The minimum absolute atomic E-state index is 0.389. The smallest absolute Gasteiger partial charge is 0.0101 e. The van der Waals surface area contributed by atoms with Crippen molar-refractivity contribution < 1.29 is 0 Å². The Morgan fingerprint density at radius 3 is 2.43 bits per heavy atom. The van der Waals surface area contributed by atoms with Crippen molar-refractivity contribution in [2.24, 2.45) is 5.41 Å². The lowest BCUT2D eigenvalue weighted by atomic mass is 9.86. The topological polar surface area (TPSA) is 12.0 Å². The summed E-state index contributed by atoms with van der Waals surface area (Å²) in [7, 11) is 0. The van der Waals surface area contributed by atoms with E-state index in [9.17, 15) is 0 Å². The Kier molecular flexibility index (Phi) is 6.66. The summed E-state index contributed by atoms with van der Waals surface area (Å²) in [4.78, 5) is 0. The summed E-state index contributed by atoms with van der Waals surface area (Å²) in [6.45, 7) is 10.1. The first-order valence-corrected chi connectivity index (χ1v) is 5.66. The van der Waals surface area contributed by atoms with Gasteiger partial charge in [0.25, 0.3) is 0 Å². The molecule has 0 rings (SSSR count). The van der Waals surface area contributed by atoms with Crippen LogP contribution in [0.25, 0.3) is 0 Å². The molecule has 0 aliphatic carbocycles. The number of nitrogens with one attached hydrogen (secondary N) is 1. The van der Waals surface area contributed by atoms with Crippen molar-refractivity contribution in [3.8, 4) is 12.3 Å². The van der Waals surface area contributed by atoms with Crippen molar-refractivity contribution in [2.45, 2.75) is 59.4 Å². The molecule has 0 amide bonds. The van der Waals surface area contributed by atoms with E-state index in [0.29, 0.717) is 11.5 Å². The molecule has 0 aliphatic rings. The van der Waals surface area contributed by atoms with Crippen molar-refractivity contribution >= 4 is 0 Å². The van der Waals surface area contributed by atoms with Gasteiger partial charge in [-0.2, -0.15) is 0 Å². The summed E-state index contributed by atoms with van der Waals surface area (Å²) in [6.07, 6.45) is 9.68. The average molecular weight is 195 g/mol. The molecule has 1 N–H and O–H groups in total. The van der Waals surface area contributed by atoms with Crippen molar-refractivity contribution in [1.29, 1.82) is 0 Å². The molecule has 1 heteroatoms. The van der Waals surface area contributed by atoms with E-state index in [1.807, 2.05) is 0 Å². The van der Waals surface area contributed by atoms with Gasteiger partial charge in [0.15, 0.2) is 0 Å². The Bertz CT molecular complexity index is 171. The molecular weight excluding hydrogens is 170 g/mol. The maximum Gasteiger partial charge on any atom is 0.0101 e. The van der Waals surface area contributed by atoms with Crippen LogP contribution in [0.2, 0.25) is 0 Å². The van der Waals surface area contributed by atoms with Gasteiger partial charge >= 0.3 is 0 Å².